The second-order valence-electron chi connectivity index (χ2n) is 2.62. The number of hydrogen-bond acceptors (Lipinski definition) is 1. The van der Waals surface area contributed by atoms with E-state index in [9.17, 15) is 4.79 Å². The Labute approximate surface area is 69.0 Å². The van der Waals surface area contributed by atoms with Gasteiger partial charge in [0.25, 0.3) is 0 Å². The molecular weight excluding hydrogens is 140 g/mol. The molecule has 0 aromatic carbocycles. The Morgan fingerprint density at radius 1 is 1.36 bits per heavy atom. The lowest BCUT2D eigenvalue weighted by Gasteiger charge is -2.11. The molecule has 1 atom stereocenters. The summed E-state index contributed by atoms with van der Waals surface area (Å²) in [4.78, 5) is 14.4. The van der Waals surface area contributed by atoms with E-state index in [2.05, 4.69) is 0 Å². The van der Waals surface area contributed by atoms with Gasteiger partial charge < -0.3 is 9.80 Å². The van der Waals surface area contributed by atoms with Crippen LogP contribution in [0.25, 0.3) is 0 Å². The van der Waals surface area contributed by atoms with E-state index in [0.717, 1.165) is 6.54 Å². The molecule has 2 amide bonds. The number of likely N-dealkylation sites (N-methyl/N-ethyl adjacent to an activating group) is 2. The number of rotatable bonds is 0. The summed E-state index contributed by atoms with van der Waals surface area (Å²) in [5.41, 5.74) is 0. The minimum absolute atomic E-state index is 0.127. The maximum Gasteiger partial charge on any atom is 0.319 e. The summed E-state index contributed by atoms with van der Waals surface area (Å²) in [5, 5.41) is 0. The van der Waals surface area contributed by atoms with E-state index in [1.54, 1.807) is 9.80 Å². The highest BCUT2D eigenvalue weighted by Crippen LogP contribution is 2.09. The Balaban J connectivity index is 0.000000461. The third-order valence-electron chi connectivity index (χ3n) is 1.83. The quantitative estimate of drug-likeness (QED) is 0.522. The Hall–Kier alpha value is -0.730. The highest BCUT2D eigenvalue weighted by atomic mass is 16.2. The van der Waals surface area contributed by atoms with Gasteiger partial charge in [-0.25, -0.2) is 4.79 Å². The first-order valence-corrected chi connectivity index (χ1v) is 4.11. The van der Waals surface area contributed by atoms with E-state index in [4.69, 9.17) is 0 Å². The molecule has 0 radical (unpaired) electrons. The monoisotopic (exact) mass is 158 g/mol. The summed E-state index contributed by atoms with van der Waals surface area (Å²) >= 11 is 0. The van der Waals surface area contributed by atoms with Gasteiger partial charge >= 0.3 is 6.03 Å². The minimum Gasteiger partial charge on any atom is -0.326 e. The number of urea groups is 1. The van der Waals surface area contributed by atoms with Crippen LogP contribution in [-0.2, 0) is 0 Å². The van der Waals surface area contributed by atoms with Crippen LogP contribution < -0.4 is 0 Å². The van der Waals surface area contributed by atoms with Crippen molar-refractivity contribution in [2.24, 2.45) is 0 Å². The highest BCUT2D eigenvalue weighted by Gasteiger charge is 2.27. The van der Waals surface area contributed by atoms with Gasteiger partial charge in [-0.2, -0.15) is 0 Å². The summed E-state index contributed by atoms with van der Waals surface area (Å²) in [5.74, 6) is 0. The van der Waals surface area contributed by atoms with Crippen LogP contribution >= 0.6 is 0 Å². The highest BCUT2D eigenvalue weighted by molar-refractivity contribution is 5.76. The maximum atomic E-state index is 11.0. The van der Waals surface area contributed by atoms with Crippen LogP contribution in [0.2, 0.25) is 0 Å². The molecule has 1 aliphatic rings. The first-order valence-electron chi connectivity index (χ1n) is 4.11. The number of amides is 2. The zero-order valence-corrected chi connectivity index (χ0v) is 8.09. The molecule has 0 aliphatic carbocycles. The molecule has 0 aromatic heterocycles. The smallest absolute Gasteiger partial charge is 0.319 e. The molecule has 0 N–H and O–H groups in total. The second kappa shape index (κ2) is 4.21. The average molecular weight is 158 g/mol. The molecule has 0 spiro atoms. The van der Waals surface area contributed by atoms with E-state index >= 15 is 0 Å². The minimum atomic E-state index is 0.127. The molecule has 11 heavy (non-hydrogen) atoms. The summed E-state index contributed by atoms with van der Waals surface area (Å²) in [6, 6.07) is 0.505. The Kier molecular flexibility index (Phi) is 3.93. The Morgan fingerprint density at radius 3 is 1.91 bits per heavy atom. The molecule has 1 saturated heterocycles. The summed E-state index contributed by atoms with van der Waals surface area (Å²) in [6.07, 6.45) is 0. The van der Waals surface area contributed by atoms with Gasteiger partial charge in [-0.15, -0.1) is 0 Å². The topological polar surface area (TPSA) is 23.6 Å². The van der Waals surface area contributed by atoms with Crippen LogP contribution in [0.1, 0.15) is 20.8 Å². The zero-order chi connectivity index (χ0) is 9.02. The van der Waals surface area contributed by atoms with Crippen molar-refractivity contribution in [1.82, 2.24) is 9.80 Å². The van der Waals surface area contributed by atoms with Gasteiger partial charge in [0.05, 0.1) is 0 Å². The predicted octanol–water partition coefficient (Wildman–Crippen LogP) is 1.40. The van der Waals surface area contributed by atoms with E-state index in [-0.39, 0.29) is 6.03 Å². The number of carbonyl (C=O) groups excluding carboxylic acids is 1. The standard InChI is InChI=1S/C6H12N2O.C2H6/c1-5-4-7(2)6(9)8(5)3;1-2/h5H,4H2,1-3H3;1-2H3. The van der Waals surface area contributed by atoms with Crippen LogP contribution in [0, 0.1) is 0 Å². The van der Waals surface area contributed by atoms with Crippen LogP contribution in [-0.4, -0.2) is 42.5 Å². The van der Waals surface area contributed by atoms with E-state index in [1.807, 2.05) is 34.9 Å². The SMILES string of the molecule is CC.CC1CN(C)C(=O)N1C. The van der Waals surface area contributed by atoms with Crippen molar-refractivity contribution in [2.45, 2.75) is 26.8 Å². The van der Waals surface area contributed by atoms with Crippen LogP contribution in [0.3, 0.4) is 0 Å². The molecule has 1 rings (SSSR count). The van der Waals surface area contributed by atoms with Crippen molar-refractivity contribution >= 4 is 6.03 Å². The van der Waals surface area contributed by atoms with Gasteiger partial charge in [-0.3, -0.25) is 0 Å². The Morgan fingerprint density at radius 2 is 1.82 bits per heavy atom. The predicted molar refractivity (Wildman–Crippen MR) is 46.6 cm³/mol. The lowest BCUT2D eigenvalue weighted by atomic mass is 10.3. The molecule has 1 unspecified atom stereocenters. The third kappa shape index (κ3) is 2.10. The molecule has 0 bridgehead atoms. The third-order valence-corrected chi connectivity index (χ3v) is 1.83. The second-order valence-corrected chi connectivity index (χ2v) is 2.62. The van der Waals surface area contributed by atoms with Crippen molar-refractivity contribution in [3.8, 4) is 0 Å². The van der Waals surface area contributed by atoms with Gasteiger partial charge in [0, 0.05) is 26.7 Å². The van der Waals surface area contributed by atoms with E-state index in [0.29, 0.717) is 6.04 Å². The first kappa shape index (κ1) is 10.3. The number of hydrogen-bond donors (Lipinski definition) is 0. The molecule has 0 aromatic rings. The van der Waals surface area contributed by atoms with Crippen LogP contribution in [0.15, 0.2) is 0 Å². The summed E-state index contributed by atoms with van der Waals surface area (Å²) < 4.78 is 0. The van der Waals surface area contributed by atoms with E-state index in [1.165, 1.54) is 0 Å². The molecule has 1 fully saturated rings. The lowest BCUT2D eigenvalue weighted by Crippen LogP contribution is -2.28. The fraction of sp³-hybridized carbons (Fsp3) is 0.875. The molecule has 1 heterocycles. The van der Waals surface area contributed by atoms with Crippen molar-refractivity contribution in [3.05, 3.63) is 0 Å². The summed E-state index contributed by atoms with van der Waals surface area (Å²) in [6.45, 7) is 6.90. The van der Waals surface area contributed by atoms with Crippen molar-refractivity contribution < 1.29 is 4.79 Å². The molecule has 3 heteroatoms. The average Bonchev–Trinajstić information content (AvgIpc) is 2.22. The normalized spacial score (nSPS) is 23.4. The van der Waals surface area contributed by atoms with Crippen LogP contribution in [0.5, 0.6) is 0 Å². The van der Waals surface area contributed by atoms with Crippen LogP contribution in [0.4, 0.5) is 4.79 Å². The van der Waals surface area contributed by atoms with Gasteiger partial charge in [-0.1, -0.05) is 13.8 Å². The fourth-order valence-corrected chi connectivity index (χ4v) is 1.05. The van der Waals surface area contributed by atoms with Crippen molar-refractivity contribution in [1.29, 1.82) is 0 Å². The maximum absolute atomic E-state index is 11.0. The molecule has 1 aliphatic heterocycles. The molecular formula is C8H18N2O. The lowest BCUT2D eigenvalue weighted by molar-refractivity contribution is 0.202. The molecule has 0 saturated carbocycles. The fourth-order valence-electron chi connectivity index (χ4n) is 1.05. The van der Waals surface area contributed by atoms with Crippen molar-refractivity contribution in [2.75, 3.05) is 20.6 Å². The number of carbonyl (C=O) groups is 1. The molecule has 3 nitrogen and oxygen atoms in total. The first-order chi connectivity index (χ1) is 5.13. The van der Waals surface area contributed by atoms with Crippen molar-refractivity contribution in [3.63, 3.8) is 0 Å². The molecule has 66 valence electrons. The largest absolute Gasteiger partial charge is 0.326 e. The van der Waals surface area contributed by atoms with Gasteiger partial charge in [0.15, 0.2) is 0 Å². The Bertz CT molecular complexity index is 136. The van der Waals surface area contributed by atoms with E-state index < -0.39 is 0 Å². The van der Waals surface area contributed by atoms with Gasteiger partial charge in [0.1, 0.15) is 0 Å². The summed E-state index contributed by atoms with van der Waals surface area (Å²) in [7, 11) is 3.65. The van der Waals surface area contributed by atoms with Gasteiger partial charge in [0.2, 0.25) is 0 Å². The number of nitrogens with zero attached hydrogens (tertiary/aromatic N) is 2. The zero-order valence-electron chi connectivity index (χ0n) is 8.09. The van der Waals surface area contributed by atoms with Gasteiger partial charge in [-0.05, 0) is 6.92 Å².